The fourth-order valence-electron chi connectivity index (χ4n) is 2.86. The maximum atomic E-state index is 14.6. The smallest absolute Gasteiger partial charge is 0.250 e. The number of hydrogen-bond acceptors (Lipinski definition) is 4. The molecule has 1 unspecified atom stereocenters. The fraction of sp³-hybridized carbons (Fsp3) is 0.222. The molecular weight excluding hydrogens is 357 g/mol. The lowest BCUT2D eigenvalue weighted by Gasteiger charge is -2.11. The number of rotatable bonds is 4. The van der Waals surface area contributed by atoms with Gasteiger partial charge in [-0.15, -0.1) is 0 Å². The van der Waals surface area contributed by atoms with Gasteiger partial charge in [-0.05, 0) is 48.7 Å². The van der Waals surface area contributed by atoms with E-state index in [0.29, 0.717) is 22.1 Å². The maximum Gasteiger partial charge on any atom is 0.250 e. The zero-order chi connectivity index (χ0) is 19.1. The van der Waals surface area contributed by atoms with Crippen molar-refractivity contribution in [2.24, 2.45) is 12.2 Å². The number of benzene rings is 1. The average molecular weight is 375 g/mol. The van der Waals surface area contributed by atoms with Gasteiger partial charge in [-0.2, -0.15) is 0 Å². The van der Waals surface area contributed by atoms with Crippen LogP contribution < -0.4 is 10.7 Å². The Kier molecular flexibility index (Phi) is 4.64. The molecule has 0 saturated carbocycles. The summed E-state index contributed by atoms with van der Waals surface area (Å²) in [5.41, 5.74) is 1.87. The minimum absolute atomic E-state index is 0.213. The van der Waals surface area contributed by atoms with Crippen molar-refractivity contribution >= 4 is 20.9 Å². The third kappa shape index (κ3) is 3.51. The minimum Gasteiger partial charge on any atom is -0.309 e. The van der Waals surface area contributed by atoms with Crippen molar-refractivity contribution in [3.8, 4) is 11.1 Å². The van der Waals surface area contributed by atoms with Crippen molar-refractivity contribution in [1.29, 1.82) is 0 Å². The quantitative estimate of drug-likeness (QED) is 0.754. The second-order valence-corrected chi connectivity index (χ2v) is 8.29. The number of aryl methyl sites for hydroxylation is 1. The van der Waals surface area contributed by atoms with Crippen LogP contribution in [0.15, 0.2) is 47.5 Å². The van der Waals surface area contributed by atoms with Crippen molar-refractivity contribution in [2.45, 2.75) is 18.6 Å². The van der Waals surface area contributed by atoms with E-state index < -0.39 is 21.1 Å². The summed E-state index contributed by atoms with van der Waals surface area (Å²) < 4.78 is 38.7. The Morgan fingerprint density at radius 3 is 2.62 bits per heavy atom. The molecule has 6 nitrogen and oxygen atoms in total. The molecule has 0 aliphatic rings. The average Bonchev–Trinajstić information content (AvgIpc) is 2.57. The van der Waals surface area contributed by atoms with Gasteiger partial charge in [0.15, 0.2) is 0 Å². The molecule has 2 heterocycles. The lowest BCUT2D eigenvalue weighted by molar-refractivity contribution is 0.584. The first-order valence-corrected chi connectivity index (χ1v) is 9.53. The van der Waals surface area contributed by atoms with Crippen LogP contribution in [-0.2, 0) is 23.5 Å². The number of sulfonamides is 1. The Balaban J connectivity index is 2.06. The van der Waals surface area contributed by atoms with Crippen LogP contribution in [0.4, 0.5) is 4.39 Å². The molecular formula is C18H18FN3O3S. The molecule has 1 atom stereocenters. The lowest BCUT2D eigenvalue weighted by atomic mass is 10.0. The van der Waals surface area contributed by atoms with Crippen LogP contribution in [0.1, 0.15) is 12.5 Å². The number of hydrogen-bond donors (Lipinski definition) is 1. The van der Waals surface area contributed by atoms with Gasteiger partial charge >= 0.3 is 0 Å². The van der Waals surface area contributed by atoms with Gasteiger partial charge in [0.05, 0.1) is 10.8 Å². The van der Waals surface area contributed by atoms with E-state index in [9.17, 15) is 17.6 Å². The van der Waals surface area contributed by atoms with Gasteiger partial charge in [-0.1, -0.05) is 0 Å². The van der Waals surface area contributed by atoms with Crippen LogP contribution >= 0.6 is 0 Å². The zero-order valence-electron chi connectivity index (χ0n) is 14.3. The molecule has 0 spiro atoms. The topological polar surface area (TPSA) is 95.0 Å². The van der Waals surface area contributed by atoms with Gasteiger partial charge in [0.1, 0.15) is 5.82 Å². The van der Waals surface area contributed by atoms with Crippen molar-refractivity contribution < 1.29 is 12.8 Å². The Labute approximate surface area is 150 Å². The molecule has 3 aromatic rings. The number of halogens is 1. The highest BCUT2D eigenvalue weighted by Crippen LogP contribution is 2.26. The fourth-order valence-corrected chi connectivity index (χ4v) is 3.28. The molecule has 0 bridgehead atoms. The molecule has 0 fully saturated rings. The SMILES string of the molecule is CC(Cc1cncc(-c2cc(F)c3c(ccc(=O)n3C)c2)c1)S(N)(=O)=O. The van der Waals surface area contributed by atoms with Gasteiger partial charge in [-0.25, -0.2) is 17.9 Å². The number of primary sulfonamides is 1. The minimum atomic E-state index is -3.64. The van der Waals surface area contributed by atoms with Crippen molar-refractivity contribution in [1.82, 2.24) is 9.55 Å². The summed E-state index contributed by atoms with van der Waals surface area (Å²) >= 11 is 0. The second kappa shape index (κ2) is 6.62. The Hall–Kier alpha value is -2.58. The molecule has 26 heavy (non-hydrogen) atoms. The van der Waals surface area contributed by atoms with Crippen molar-refractivity contribution in [3.05, 3.63) is 64.5 Å². The molecule has 0 saturated heterocycles. The van der Waals surface area contributed by atoms with E-state index in [1.807, 2.05) is 0 Å². The number of pyridine rings is 2. The largest absolute Gasteiger partial charge is 0.309 e. The zero-order valence-corrected chi connectivity index (χ0v) is 15.1. The lowest BCUT2D eigenvalue weighted by Crippen LogP contribution is -2.27. The summed E-state index contributed by atoms with van der Waals surface area (Å²) in [6.07, 6.45) is 3.35. The van der Waals surface area contributed by atoms with Crippen molar-refractivity contribution in [2.75, 3.05) is 0 Å². The third-order valence-corrected chi connectivity index (χ3v) is 5.66. The highest BCUT2D eigenvalue weighted by atomic mass is 32.2. The van der Waals surface area contributed by atoms with E-state index in [2.05, 4.69) is 4.98 Å². The number of nitrogens with zero attached hydrogens (tertiary/aromatic N) is 2. The molecule has 2 N–H and O–H groups in total. The molecule has 2 aromatic heterocycles. The van der Waals surface area contributed by atoms with E-state index in [0.717, 1.165) is 0 Å². The molecule has 0 aliphatic carbocycles. The first-order chi connectivity index (χ1) is 12.2. The maximum absolute atomic E-state index is 14.6. The molecule has 136 valence electrons. The van der Waals surface area contributed by atoms with Gasteiger partial charge < -0.3 is 4.57 Å². The summed E-state index contributed by atoms with van der Waals surface area (Å²) in [6.45, 7) is 1.53. The normalized spacial score (nSPS) is 13.1. The molecule has 8 heteroatoms. The van der Waals surface area contributed by atoms with E-state index in [1.165, 1.54) is 30.7 Å². The molecule has 0 radical (unpaired) electrons. The monoisotopic (exact) mass is 375 g/mol. The molecule has 0 aliphatic heterocycles. The van der Waals surface area contributed by atoms with Crippen LogP contribution in [0.5, 0.6) is 0 Å². The predicted molar refractivity (Wildman–Crippen MR) is 98.7 cm³/mol. The standard InChI is InChI=1S/C18H18FN3O3S/c1-11(26(20,24)25)5-12-6-15(10-21-9-12)14-7-13-3-4-17(23)22(2)18(13)16(19)8-14/h3-4,6-11H,5H2,1-2H3,(H2,20,24,25). The van der Waals surface area contributed by atoms with E-state index in [-0.39, 0.29) is 17.5 Å². The van der Waals surface area contributed by atoms with Crippen LogP contribution in [0.2, 0.25) is 0 Å². The molecule has 3 rings (SSSR count). The van der Waals surface area contributed by atoms with Crippen LogP contribution in [0, 0.1) is 5.82 Å². The molecule has 0 amide bonds. The van der Waals surface area contributed by atoms with E-state index in [1.54, 1.807) is 30.6 Å². The van der Waals surface area contributed by atoms with Crippen LogP contribution in [0.25, 0.3) is 22.0 Å². The highest BCUT2D eigenvalue weighted by molar-refractivity contribution is 7.89. The van der Waals surface area contributed by atoms with E-state index in [4.69, 9.17) is 5.14 Å². The number of nitrogens with two attached hydrogens (primary N) is 1. The number of fused-ring (bicyclic) bond motifs is 1. The first-order valence-electron chi connectivity index (χ1n) is 7.92. The van der Waals surface area contributed by atoms with Gasteiger partial charge in [0, 0.05) is 36.5 Å². The predicted octanol–water partition coefficient (Wildman–Crippen LogP) is 1.96. The molecule has 1 aromatic carbocycles. The van der Waals surface area contributed by atoms with Crippen LogP contribution in [-0.4, -0.2) is 23.2 Å². The van der Waals surface area contributed by atoms with Gasteiger partial charge in [0.25, 0.3) is 5.56 Å². The number of aromatic nitrogens is 2. The highest BCUT2D eigenvalue weighted by Gasteiger charge is 2.17. The van der Waals surface area contributed by atoms with Gasteiger partial charge in [-0.3, -0.25) is 9.78 Å². The summed E-state index contributed by atoms with van der Waals surface area (Å²) in [5.74, 6) is -0.513. The van der Waals surface area contributed by atoms with Gasteiger partial charge in [0.2, 0.25) is 10.0 Å². The summed E-state index contributed by atoms with van der Waals surface area (Å²) in [7, 11) is -2.12. The third-order valence-electron chi connectivity index (χ3n) is 4.38. The van der Waals surface area contributed by atoms with Crippen molar-refractivity contribution in [3.63, 3.8) is 0 Å². The first kappa shape index (κ1) is 18.2. The Morgan fingerprint density at radius 1 is 1.19 bits per heavy atom. The Bertz CT molecular complexity index is 1160. The van der Waals surface area contributed by atoms with E-state index >= 15 is 0 Å². The Morgan fingerprint density at radius 2 is 1.92 bits per heavy atom. The summed E-state index contributed by atoms with van der Waals surface area (Å²) in [4.78, 5) is 15.8. The van der Waals surface area contributed by atoms with Crippen LogP contribution in [0.3, 0.4) is 0 Å². The summed E-state index contributed by atoms with van der Waals surface area (Å²) in [5, 5.41) is 5.00. The second-order valence-electron chi connectivity index (χ2n) is 6.31. The summed E-state index contributed by atoms with van der Waals surface area (Å²) in [6, 6.07) is 7.82.